The minimum Gasteiger partial charge on any atom is -0.317 e. The molecule has 0 radical (unpaired) electrons. The zero-order valence-electron chi connectivity index (χ0n) is 18.3. The summed E-state index contributed by atoms with van der Waals surface area (Å²) < 4.78 is 30.0. The van der Waals surface area contributed by atoms with Gasteiger partial charge in [0.1, 0.15) is 5.69 Å². The Morgan fingerprint density at radius 1 is 1.18 bits per heavy atom. The summed E-state index contributed by atoms with van der Waals surface area (Å²) in [5.74, 6) is -0.339. The predicted octanol–water partition coefficient (Wildman–Crippen LogP) is 5.97. The number of hydrogen-bond acceptors (Lipinski definition) is 4. The number of halogens is 4. The SMILES string of the molecule is Cc1nn(Cc2ccc(Cl)cc2Cl)c(C)c1NC(=O)c1cc2nc(C3CC3)cc(C(F)F)n2n1. The molecule has 7 nitrogen and oxygen atoms in total. The summed E-state index contributed by atoms with van der Waals surface area (Å²) in [4.78, 5) is 17.4. The van der Waals surface area contributed by atoms with Crippen LogP contribution in [0.4, 0.5) is 14.5 Å². The summed E-state index contributed by atoms with van der Waals surface area (Å²) in [7, 11) is 0. The number of amides is 1. The lowest BCUT2D eigenvalue weighted by atomic mass is 10.2. The fraction of sp³-hybridized carbons (Fsp3) is 0.304. The molecule has 0 spiro atoms. The molecule has 0 unspecified atom stereocenters. The van der Waals surface area contributed by atoms with Crippen LogP contribution in [-0.4, -0.2) is 30.3 Å². The second kappa shape index (κ2) is 8.63. The summed E-state index contributed by atoms with van der Waals surface area (Å²) in [5.41, 5.74) is 3.22. The number of aryl methyl sites for hydroxylation is 1. The Bertz CT molecular complexity index is 1430. The Balaban J connectivity index is 1.42. The first kappa shape index (κ1) is 22.7. The molecule has 3 aromatic heterocycles. The molecule has 1 fully saturated rings. The third-order valence-electron chi connectivity index (χ3n) is 5.88. The number of hydrogen-bond donors (Lipinski definition) is 1. The van der Waals surface area contributed by atoms with Crippen LogP contribution in [0.1, 0.15) is 64.0 Å². The van der Waals surface area contributed by atoms with Gasteiger partial charge in [0, 0.05) is 27.7 Å². The molecule has 0 bridgehead atoms. The fourth-order valence-electron chi connectivity index (χ4n) is 3.89. The molecule has 0 saturated heterocycles. The number of nitrogens with one attached hydrogen (secondary N) is 1. The highest BCUT2D eigenvalue weighted by molar-refractivity contribution is 6.35. The van der Waals surface area contributed by atoms with Gasteiger partial charge in [0.05, 0.1) is 23.6 Å². The summed E-state index contributed by atoms with van der Waals surface area (Å²) in [6, 6.07) is 8.03. The molecule has 1 saturated carbocycles. The predicted molar refractivity (Wildman–Crippen MR) is 125 cm³/mol. The second-order valence-electron chi connectivity index (χ2n) is 8.37. The van der Waals surface area contributed by atoms with E-state index < -0.39 is 12.3 Å². The topological polar surface area (TPSA) is 77.1 Å². The first-order valence-corrected chi connectivity index (χ1v) is 11.4. The van der Waals surface area contributed by atoms with Crippen molar-refractivity contribution in [1.29, 1.82) is 0 Å². The second-order valence-corrected chi connectivity index (χ2v) is 9.22. The van der Waals surface area contributed by atoms with Gasteiger partial charge in [-0.2, -0.15) is 10.2 Å². The molecule has 34 heavy (non-hydrogen) atoms. The van der Waals surface area contributed by atoms with Crippen molar-refractivity contribution in [3.05, 3.63) is 74.4 Å². The van der Waals surface area contributed by atoms with E-state index >= 15 is 0 Å². The Morgan fingerprint density at radius 3 is 2.62 bits per heavy atom. The first-order chi connectivity index (χ1) is 16.2. The van der Waals surface area contributed by atoms with Crippen LogP contribution in [0.15, 0.2) is 30.3 Å². The van der Waals surface area contributed by atoms with Crippen molar-refractivity contribution in [2.45, 2.75) is 45.6 Å². The van der Waals surface area contributed by atoms with E-state index in [0.29, 0.717) is 39.4 Å². The van der Waals surface area contributed by atoms with Crippen molar-refractivity contribution < 1.29 is 13.6 Å². The van der Waals surface area contributed by atoms with Crippen molar-refractivity contribution in [1.82, 2.24) is 24.4 Å². The number of benzene rings is 1. The molecular formula is C23H20Cl2F2N6O. The van der Waals surface area contributed by atoms with Gasteiger partial charge >= 0.3 is 0 Å². The number of alkyl halides is 2. The highest BCUT2D eigenvalue weighted by atomic mass is 35.5. The maximum atomic E-state index is 13.6. The maximum Gasteiger partial charge on any atom is 0.280 e. The minimum absolute atomic E-state index is 0.00496. The molecule has 0 aliphatic heterocycles. The van der Waals surface area contributed by atoms with Crippen LogP contribution in [-0.2, 0) is 6.54 Å². The van der Waals surface area contributed by atoms with Crippen LogP contribution >= 0.6 is 23.2 Å². The smallest absolute Gasteiger partial charge is 0.280 e. The molecule has 1 N–H and O–H groups in total. The van der Waals surface area contributed by atoms with Gasteiger partial charge in [0.25, 0.3) is 12.3 Å². The van der Waals surface area contributed by atoms with E-state index in [1.54, 1.807) is 23.7 Å². The highest BCUT2D eigenvalue weighted by Gasteiger charge is 2.28. The number of rotatable bonds is 6. The minimum atomic E-state index is -2.73. The van der Waals surface area contributed by atoms with E-state index in [2.05, 4.69) is 20.5 Å². The summed E-state index contributed by atoms with van der Waals surface area (Å²) >= 11 is 12.3. The van der Waals surface area contributed by atoms with Crippen LogP contribution < -0.4 is 5.32 Å². The van der Waals surface area contributed by atoms with E-state index in [4.69, 9.17) is 23.2 Å². The molecule has 1 aliphatic rings. The van der Waals surface area contributed by atoms with Gasteiger partial charge in [-0.15, -0.1) is 0 Å². The lowest BCUT2D eigenvalue weighted by Gasteiger charge is -2.08. The normalized spacial score (nSPS) is 13.7. The maximum absolute atomic E-state index is 13.6. The van der Waals surface area contributed by atoms with E-state index in [0.717, 1.165) is 22.9 Å². The van der Waals surface area contributed by atoms with E-state index in [9.17, 15) is 13.6 Å². The third kappa shape index (κ3) is 4.25. The molecule has 1 amide bonds. The van der Waals surface area contributed by atoms with Gasteiger partial charge < -0.3 is 5.32 Å². The van der Waals surface area contributed by atoms with Crippen LogP contribution in [0.3, 0.4) is 0 Å². The van der Waals surface area contributed by atoms with Crippen molar-refractivity contribution in [2.75, 3.05) is 5.32 Å². The number of fused-ring (bicyclic) bond motifs is 1. The molecule has 5 rings (SSSR count). The van der Waals surface area contributed by atoms with Crippen molar-refractivity contribution in [3.63, 3.8) is 0 Å². The molecule has 11 heteroatoms. The Kier molecular flexibility index (Phi) is 5.77. The third-order valence-corrected chi connectivity index (χ3v) is 6.47. The molecule has 1 aliphatic carbocycles. The Morgan fingerprint density at radius 2 is 1.94 bits per heavy atom. The molecule has 1 aromatic carbocycles. The summed E-state index contributed by atoms with van der Waals surface area (Å²) in [6.07, 6.45) is -0.880. The van der Waals surface area contributed by atoms with Gasteiger partial charge in [-0.1, -0.05) is 29.3 Å². The van der Waals surface area contributed by atoms with E-state index in [-0.39, 0.29) is 23.0 Å². The van der Waals surface area contributed by atoms with Gasteiger partial charge in [0.2, 0.25) is 0 Å². The van der Waals surface area contributed by atoms with Gasteiger partial charge in [0.15, 0.2) is 11.3 Å². The van der Waals surface area contributed by atoms with E-state index in [1.165, 1.54) is 12.1 Å². The zero-order valence-corrected chi connectivity index (χ0v) is 19.8. The van der Waals surface area contributed by atoms with Crippen LogP contribution in [0, 0.1) is 13.8 Å². The summed E-state index contributed by atoms with van der Waals surface area (Å²) in [5, 5.41) is 12.5. The standard InChI is InChI=1S/C23H20Cl2F2N6O/c1-11-21(12(2)32(30-11)10-14-5-6-15(24)7-16(14)25)29-23(34)18-9-20-28-17(13-3-4-13)8-19(22(26)27)33(20)31-18/h5-9,13,22H,3-4,10H2,1-2H3,(H,29,34). The lowest BCUT2D eigenvalue weighted by molar-refractivity contribution is 0.102. The Labute approximate surface area is 203 Å². The number of carbonyl (C=O) groups is 1. The number of aromatic nitrogens is 5. The molecule has 0 atom stereocenters. The van der Waals surface area contributed by atoms with E-state index in [1.807, 2.05) is 13.0 Å². The van der Waals surface area contributed by atoms with Crippen molar-refractivity contribution in [3.8, 4) is 0 Å². The average Bonchev–Trinajstić information content (AvgIpc) is 3.49. The average molecular weight is 505 g/mol. The van der Waals surface area contributed by atoms with Gasteiger partial charge in [-0.25, -0.2) is 18.3 Å². The zero-order chi connectivity index (χ0) is 24.1. The van der Waals surface area contributed by atoms with Crippen LogP contribution in [0.5, 0.6) is 0 Å². The molecule has 3 heterocycles. The largest absolute Gasteiger partial charge is 0.317 e. The Hall–Kier alpha value is -3.04. The van der Waals surface area contributed by atoms with Crippen molar-refractivity contribution in [2.24, 2.45) is 0 Å². The van der Waals surface area contributed by atoms with Crippen LogP contribution in [0.25, 0.3) is 5.65 Å². The summed E-state index contributed by atoms with van der Waals surface area (Å²) in [6.45, 7) is 3.98. The first-order valence-electron chi connectivity index (χ1n) is 10.7. The molecule has 176 valence electrons. The number of carbonyl (C=O) groups excluding carboxylic acids is 1. The number of anilines is 1. The number of nitrogens with zero attached hydrogens (tertiary/aromatic N) is 5. The highest BCUT2D eigenvalue weighted by Crippen LogP contribution is 2.40. The molecular weight excluding hydrogens is 485 g/mol. The quantitative estimate of drug-likeness (QED) is 0.351. The van der Waals surface area contributed by atoms with Gasteiger partial charge in [-0.3, -0.25) is 9.48 Å². The van der Waals surface area contributed by atoms with Gasteiger partial charge in [-0.05, 0) is 50.5 Å². The fourth-order valence-corrected chi connectivity index (χ4v) is 4.36. The lowest BCUT2D eigenvalue weighted by Crippen LogP contribution is -2.14. The monoisotopic (exact) mass is 504 g/mol. The van der Waals surface area contributed by atoms with Crippen LogP contribution in [0.2, 0.25) is 10.0 Å². The molecule has 4 aromatic rings. The van der Waals surface area contributed by atoms with Crippen molar-refractivity contribution >= 4 is 40.4 Å².